The molecule has 0 radical (unpaired) electrons. The molecule has 2 aromatic heterocycles. The van der Waals surface area contributed by atoms with Crippen molar-refractivity contribution in [2.45, 2.75) is 15.8 Å². The van der Waals surface area contributed by atoms with E-state index >= 15 is 0 Å². The molecule has 168 valence electrons. The number of aromatic amines is 1. The largest absolute Gasteiger partial charge is 0.423 e. The Morgan fingerprint density at radius 2 is 1.91 bits per heavy atom. The Labute approximate surface area is 189 Å². The van der Waals surface area contributed by atoms with E-state index < -0.39 is 31.2 Å². The molecule has 11 nitrogen and oxygen atoms in total. The Balaban J connectivity index is 1.66. The summed E-state index contributed by atoms with van der Waals surface area (Å²) in [6.45, 7) is 0. The minimum atomic E-state index is -4.54. The first-order valence-corrected chi connectivity index (χ1v) is 11.6. The molecular weight excluding hydrogens is 474 g/mol. The molecule has 0 aliphatic rings. The second-order valence-corrected chi connectivity index (χ2v) is 9.02. The standard InChI is InChI=1S/C20H13N3O8S2/c24-18-7-8-21-20(22-18)32-11-12-9-19(25)30-16-10-13(5-6-14(12)16)31-33(28,29)17-4-2-1-3-15(17)23(26)27/h1-10H,11H2,(H,21,22,24). The van der Waals surface area contributed by atoms with Crippen molar-refractivity contribution < 1.29 is 21.9 Å². The number of benzene rings is 2. The van der Waals surface area contributed by atoms with Gasteiger partial charge in [-0.15, -0.1) is 0 Å². The molecule has 0 aliphatic carbocycles. The molecular formula is C20H13N3O8S2. The number of fused-ring (bicyclic) bond motifs is 1. The van der Waals surface area contributed by atoms with Crippen molar-refractivity contribution in [3.63, 3.8) is 0 Å². The molecule has 0 atom stereocenters. The van der Waals surface area contributed by atoms with E-state index in [-0.39, 0.29) is 22.6 Å². The van der Waals surface area contributed by atoms with Crippen molar-refractivity contribution in [1.82, 2.24) is 9.97 Å². The predicted octanol–water partition coefficient (Wildman–Crippen LogP) is 2.84. The van der Waals surface area contributed by atoms with Crippen LogP contribution in [0.4, 0.5) is 5.69 Å². The number of rotatable bonds is 7. The van der Waals surface area contributed by atoms with E-state index in [1.165, 1.54) is 60.4 Å². The molecule has 13 heteroatoms. The van der Waals surface area contributed by atoms with Gasteiger partial charge < -0.3 is 13.6 Å². The van der Waals surface area contributed by atoms with Gasteiger partial charge in [-0.05, 0) is 23.8 Å². The molecule has 0 spiro atoms. The van der Waals surface area contributed by atoms with E-state index in [0.717, 1.165) is 12.1 Å². The summed E-state index contributed by atoms with van der Waals surface area (Å²) in [5.41, 5.74) is -0.997. The van der Waals surface area contributed by atoms with Crippen molar-refractivity contribution in [3.8, 4) is 5.75 Å². The molecule has 0 unspecified atom stereocenters. The molecule has 4 aromatic rings. The fraction of sp³-hybridized carbons (Fsp3) is 0.0500. The first kappa shape index (κ1) is 22.2. The van der Waals surface area contributed by atoms with Gasteiger partial charge in [0.25, 0.3) is 11.2 Å². The van der Waals surface area contributed by atoms with E-state index in [1.807, 2.05) is 0 Å². The second-order valence-electron chi connectivity index (χ2n) is 6.54. The van der Waals surface area contributed by atoms with Crippen LogP contribution >= 0.6 is 11.8 Å². The van der Waals surface area contributed by atoms with E-state index in [1.54, 1.807) is 0 Å². The third kappa shape index (κ3) is 4.94. The van der Waals surface area contributed by atoms with Crippen LogP contribution in [-0.4, -0.2) is 23.3 Å². The lowest BCUT2D eigenvalue weighted by Gasteiger charge is -2.09. The van der Waals surface area contributed by atoms with Crippen LogP contribution in [0.25, 0.3) is 11.0 Å². The highest BCUT2D eigenvalue weighted by molar-refractivity contribution is 7.98. The number of thioether (sulfide) groups is 1. The lowest BCUT2D eigenvalue weighted by atomic mass is 10.1. The Morgan fingerprint density at radius 1 is 1.12 bits per heavy atom. The van der Waals surface area contributed by atoms with Crippen molar-refractivity contribution in [3.05, 3.63) is 97.2 Å². The highest BCUT2D eigenvalue weighted by Gasteiger charge is 2.27. The van der Waals surface area contributed by atoms with Crippen LogP contribution < -0.4 is 15.4 Å². The molecule has 0 saturated carbocycles. The van der Waals surface area contributed by atoms with E-state index in [2.05, 4.69) is 9.97 Å². The van der Waals surface area contributed by atoms with Gasteiger partial charge in [0.2, 0.25) is 0 Å². The quantitative estimate of drug-likeness (QED) is 0.102. The number of nitro groups is 1. The van der Waals surface area contributed by atoms with Crippen LogP contribution in [0.3, 0.4) is 0 Å². The lowest BCUT2D eigenvalue weighted by Crippen LogP contribution is -2.12. The summed E-state index contributed by atoms with van der Waals surface area (Å²) < 4.78 is 35.5. The molecule has 0 aliphatic heterocycles. The maximum Gasteiger partial charge on any atom is 0.346 e. The zero-order chi connectivity index (χ0) is 23.6. The summed E-state index contributed by atoms with van der Waals surface area (Å²) in [5, 5.41) is 12.0. The van der Waals surface area contributed by atoms with E-state index in [9.17, 15) is 28.1 Å². The van der Waals surface area contributed by atoms with Crippen LogP contribution in [-0.2, 0) is 15.9 Å². The van der Waals surface area contributed by atoms with Gasteiger partial charge in [0, 0.05) is 41.6 Å². The van der Waals surface area contributed by atoms with Gasteiger partial charge >= 0.3 is 15.7 Å². The SMILES string of the molecule is O=c1ccnc(SCc2cc(=O)oc3cc(OS(=O)(=O)c4ccccc4[N+](=O)[O-])ccc23)[nH]1. The molecule has 4 rings (SSSR count). The van der Waals surface area contributed by atoms with Crippen molar-refractivity contribution in [2.24, 2.45) is 0 Å². The highest BCUT2D eigenvalue weighted by atomic mass is 32.2. The summed E-state index contributed by atoms with van der Waals surface area (Å²) in [5.74, 6) is 0.0756. The Hall–Kier alpha value is -3.97. The second kappa shape index (κ2) is 8.88. The monoisotopic (exact) mass is 487 g/mol. The zero-order valence-corrected chi connectivity index (χ0v) is 18.1. The first-order valence-electron chi connectivity index (χ1n) is 9.16. The minimum absolute atomic E-state index is 0.0582. The molecule has 2 heterocycles. The van der Waals surface area contributed by atoms with Gasteiger partial charge in [0.15, 0.2) is 10.1 Å². The van der Waals surface area contributed by atoms with Gasteiger partial charge in [0.05, 0.1) is 4.92 Å². The first-order chi connectivity index (χ1) is 15.7. The van der Waals surface area contributed by atoms with Gasteiger partial charge in [-0.1, -0.05) is 23.9 Å². The van der Waals surface area contributed by atoms with Crippen molar-refractivity contribution in [1.29, 1.82) is 0 Å². The van der Waals surface area contributed by atoms with Crippen molar-refractivity contribution in [2.75, 3.05) is 0 Å². The average molecular weight is 487 g/mol. The third-order valence-electron chi connectivity index (χ3n) is 4.35. The number of nitrogens with zero attached hydrogens (tertiary/aromatic N) is 2. The minimum Gasteiger partial charge on any atom is -0.423 e. The van der Waals surface area contributed by atoms with Crippen LogP contribution in [0, 0.1) is 10.1 Å². The summed E-state index contributed by atoms with van der Waals surface area (Å²) >= 11 is 1.19. The summed E-state index contributed by atoms with van der Waals surface area (Å²) in [4.78, 5) is 39.8. The predicted molar refractivity (Wildman–Crippen MR) is 118 cm³/mol. The van der Waals surface area contributed by atoms with Crippen LogP contribution in [0.1, 0.15) is 5.56 Å². The molecule has 0 saturated heterocycles. The Kier molecular flexibility index (Phi) is 5.98. The van der Waals surface area contributed by atoms with Crippen LogP contribution in [0.5, 0.6) is 5.75 Å². The Morgan fingerprint density at radius 3 is 2.67 bits per heavy atom. The van der Waals surface area contributed by atoms with Gasteiger partial charge in [0.1, 0.15) is 11.3 Å². The number of nitrogens with one attached hydrogen (secondary N) is 1. The number of hydrogen-bond donors (Lipinski definition) is 1. The summed E-state index contributed by atoms with van der Waals surface area (Å²) in [6, 6.07) is 11.4. The van der Waals surface area contributed by atoms with E-state index in [4.69, 9.17) is 8.60 Å². The van der Waals surface area contributed by atoms with Crippen LogP contribution in [0.15, 0.2) is 84.9 Å². The zero-order valence-electron chi connectivity index (χ0n) is 16.5. The number of nitro benzene ring substituents is 1. The fourth-order valence-electron chi connectivity index (χ4n) is 2.94. The number of hydrogen-bond acceptors (Lipinski definition) is 10. The fourth-order valence-corrected chi connectivity index (χ4v) is 4.87. The maximum atomic E-state index is 12.6. The molecule has 33 heavy (non-hydrogen) atoms. The van der Waals surface area contributed by atoms with Gasteiger partial charge in [-0.25, -0.2) is 9.78 Å². The van der Waals surface area contributed by atoms with Gasteiger partial charge in [-0.2, -0.15) is 8.42 Å². The van der Waals surface area contributed by atoms with Crippen LogP contribution in [0.2, 0.25) is 0 Å². The van der Waals surface area contributed by atoms with E-state index in [0.29, 0.717) is 16.1 Å². The third-order valence-corrected chi connectivity index (χ3v) is 6.58. The lowest BCUT2D eigenvalue weighted by molar-refractivity contribution is -0.387. The number of H-pyrrole nitrogens is 1. The highest BCUT2D eigenvalue weighted by Crippen LogP contribution is 2.30. The average Bonchev–Trinajstić information content (AvgIpc) is 2.77. The number of aromatic nitrogens is 2. The molecule has 0 bridgehead atoms. The van der Waals surface area contributed by atoms with Crippen molar-refractivity contribution >= 4 is 38.5 Å². The molecule has 0 amide bonds. The smallest absolute Gasteiger partial charge is 0.346 e. The van der Waals surface area contributed by atoms with Gasteiger partial charge in [-0.3, -0.25) is 14.9 Å². The topological polar surface area (TPSA) is 162 Å². The normalized spacial score (nSPS) is 11.4. The molecule has 1 N–H and O–H groups in total. The molecule has 2 aromatic carbocycles. The maximum absolute atomic E-state index is 12.6. The Bertz CT molecular complexity index is 1590. The molecule has 0 fully saturated rings. The number of para-hydroxylation sites is 1. The summed E-state index contributed by atoms with van der Waals surface area (Å²) in [6.07, 6.45) is 1.36. The summed E-state index contributed by atoms with van der Waals surface area (Å²) in [7, 11) is -4.54.